The van der Waals surface area contributed by atoms with Crippen molar-refractivity contribution in [1.29, 1.82) is 0 Å². The smallest absolute Gasteiger partial charge is 0.0495 e. The van der Waals surface area contributed by atoms with Crippen LogP contribution in [-0.2, 0) is 4.74 Å². The van der Waals surface area contributed by atoms with Crippen molar-refractivity contribution in [2.45, 2.75) is 38.6 Å². The summed E-state index contributed by atoms with van der Waals surface area (Å²) >= 11 is 0. The zero-order valence-electron chi connectivity index (χ0n) is 10.6. The van der Waals surface area contributed by atoms with Gasteiger partial charge in [0.2, 0.25) is 0 Å². The highest BCUT2D eigenvalue weighted by atomic mass is 16.5. The van der Waals surface area contributed by atoms with Crippen LogP contribution in [0.15, 0.2) is 0 Å². The van der Waals surface area contributed by atoms with E-state index in [9.17, 15) is 0 Å². The third-order valence-electron chi connectivity index (χ3n) is 3.85. The van der Waals surface area contributed by atoms with E-state index in [1.807, 2.05) is 0 Å². The van der Waals surface area contributed by atoms with Gasteiger partial charge in [-0.05, 0) is 31.7 Å². The molecule has 2 fully saturated rings. The number of piperazine rings is 1. The maximum absolute atomic E-state index is 5.43. The van der Waals surface area contributed by atoms with Crippen molar-refractivity contribution in [2.75, 3.05) is 39.4 Å². The Balaban J connectivity index is 1.64. The second-order valence-corrected chi connectivity index (χ2v) is 5.26. The normalized spacial score (nSPS) is 32.1. The molecule has 0 aromatic rings. The lowest BCUT2D eigenvalue weighted by Gasteiger charge is -2.34. The molecule has 0 spiro atoms. The van der Waals surface area contributed by atoms with Gasteiger partial charge in [0.25, 0.3) is 0 Å². The van der Waals surface area contributed by atoms with Crippen molar-refractivity contribution in [1.82, 2.24) is 10.2 Å². The molecule has 0 radical (unpaired) electrons. The van der Waals surface area contributed by atoms with Gasteiger partial charge in [0.15, 0.2) is 0 Å². The molecule has 2 aliphatic rings. The number of nitrogens with zero attached hydrogens (tertiary/aromatic N) is 1. The van der Waals surface area contributed by atoms with Gasteiger partial charge in [0.1, 0.15) is 0 Å². The van der Waals surface area contributed by atoms with Crippen molar-refractivity contribution in [3.63, 3.8) is 0 Å². The molecule has 0 aromatic heterocycles. The van der Waals surface area contributed by atoms with Gasteiger partial charge in [-0.15, -0.1) is 0 Å². The lowest BCUT2D eigenvalue weighted by Crippen LogP contribution is -2.50. The van der Waals surface area contributed by atoms with Gasteiger partial charge >= 0.3 is 0 Å². The van der Waals surface area contributed by atoms with Crippen LogP contribution in [-0.4, -0.2) is 50.3 Å². The van der Waals surface area contributed by atoms with E-state index in [0.717, 1.165) is 25.2 Å². The predicted molar refractivity (Wildman–Crippen MR) is 66.7 cm³/mol. The van der Waals surface area contributed by atoms with Gasteiger partial charge in [-0.1, -0.05) is 13.3 Å². The highest BCUT2D eigenvalue weighted by molar-refractivity contribution is 4.79. The molecular weight excluding hydrogens is 200 g/mol. The van der Waals surface area contributed by atoms with Crippen molar-refractivity contribution in [3.05, 3.63) is 0 Å². The van der Waals surface area contributed by atoms with Crippen LogP contribution in [0.5, 0.6) is 0 Å². The van der Waals surface area contributed by atoms with E-state index in [-0.39, 0.29) is 0 Å². The molecule has 3 heteroatoms. The molecule has 2 atom stereocenters. The van der Waals surface area contributed by atoms with Crippen LogP contribution < -0.4 is 5.32 Å². The number of nitrogens with one attached hydrogen (secondary N) is 1. The van der Waals surface area contributed by atoms with Crippen LogP contribution in [0.1, 0.15) is 32.6 Å². The van der Waals surface area contributed by atoms with E-state index in [0.29, 0.717) is 0 Å². The first-order chi connectivity index (χ1) is 7.88. The average molecular weight is 226 g/mol. The van der Waals surface area contributed by atoms with Gasteiger partial charge in [-0.2, -0.15) is 0 Å². The summed E-state index contributed by atoms with van der Waals surface area (Å²) in [6, 6.07) is 0.735. The first kappa shape index (κ1) is 12.3. The van der Waals surface area contributed by atoms with Crippen LogP contribution in [0.25, 0.3) is 0 Å². The first-order valence-corrected chi connectivity index (χ1v) is 6.92. The monoisotopic (exact) mass is 226 g/mol. The Morgan fingerprint density at radius 3 is 3.06 bits per heavy atom. The Kier molecular flexibility index (Phi) is 5.07. The molecule has 0 bridgehead atoms. The maximum atomic E-state index is 5.43. The van der Waals surface area contributed by atoms with Crippen molar-refractivity contribution >= 4 is 0 Å². The molecule has 0 aliphatic carbocycles. The van der Waals surface area contributed by atoms with Gasteiger partial charge in [0.05, 0.1) is 0 Å². The highest BCUT2D eigenvalue weighted by Crippen LogP contribution is 2.17. The average Bonchev–Trinajstić information content (AvgIpc) is 2.80. The SMILES string of the molecule is CCCC1CN(CCC2CCOC2)CCN1. The quantitative estimate of drug-likeness (QED) is 0.768. The Morgan fingerprint density at radius 2 is 2.31 bits per heavy atom. The summed E-state index contributed by atoms with van der Waals surface area (Å²) in [6.07, 6.45) is 5.23. The van der Waals surface area contributed by atoms with Crippen LogP contribution in [0.2, 0.25) is 0 Å². The minimum absolute atomic E-state index is 0.735. The second-order valence-electron chi connectivity index (χ2n) is 5.26. The van der Waals surface area contributed by atoms with Gasteiger partial charge in [-0.25, -0.2) is 0 Å². The van der Waals surface area contributed by atoms with Crippen LogP contribution in [0, 0.1) is 5.92 Å². The molecule has 2 unspecified atom stereocenters. The molecule has 2 aliphatic heterocycles. The highest BCUT2D eigenvalue weighted by Gasteiger charge is 2.21. The fourth-order valence-corrected chi connectivity index (χ4v) is 2.82. The molecule has 2 saturated heterocycles. The largest absolute Gasteiger partial charge is 0.381 e. The zero-order valence-corrected chi connectivity index (χ0v) is 10.6. The third-order valence-corrected chi connectivity index (χ3v) is 3.85. The van der Waals surface area contributed by atoms with Crippen molar-refractivity contribution in [3.8, 4) is 0 Å². The van der Waals surface area contributed by atoms with E-state index in [2.05, 4.69) is 17.1 Å². The lowest BCUT2D eigenvalue weighted by molar-refractivity contribution is 0.164. The van der Waals surface area contributed by atoms with Gasteiger partial charge in [0, 0.05) is 38.9 Å². The number of rotatable bonds is 5. The topological polar surface area (TPSA) is 24.5 Å². The van der Waals surface area contributed by atoms with Crippen LogP contribution >= 0.6 is 0 Å². The van der Waals surface area contributed by atoms with Crippen molar-refractivity contribution < 1.29 is 4.74 Å². The van der Waals surface area contributed by atoms with E-state index >= 15 is 0 Å². The molecule has 2 rings (SSSR count). The summed E-state index contributed by atoms with van der Waals surface area (Å²) in [6.45, 7) is 9.20. The van der Waals surface area contributed by atoms with Crippen LogP contribution in [0.4, 0.5) is 0 Å². The fourth-order valence-electron chi connectivity index (χ4n) is 2.82. The van der Waals surface area contributed by atoms with Crippen LogP contribution in [0.3, 0.4) is 0 Å². The summed E-state index contributed by atoms with van der Waals surface area (Å²) in [5.41, 5.74) is 0. The molecule has 0 amide bonds. The Labute approximate surface area is 99.5 Å². The first-order valence-electron chi connectivity index (χ1n) is 6.92. The summed E-state index contributed by atoms with van der Waals surface area (Å²) in [5.74, 6) is 0.833. The molecule has 0 saturated carbocycles. The minimum atomic E-state index is 0.735. The molecule has 16 heavy (non-hydrogen) atoms. The molecule has 94 valence electrons. The number of ether oxygens (including phenoxy) is 1. The lowest BCUT2D eigenvalue weighted by atomic mass is 10.0. The van der Waals surface area contributed by atoms with E-state index < -0.39 is 0 Å². The molecule has 1 N–H and O–H groups in total. The maximum Gasteiger partial charge on any atom is 0.0495 e. The fraction of sp³-hybridized carbons (Fsp3) is 1.00. The van der Waals surface area contributed by atoms with E-state index in [1.54, 1.807) is 0 Å². The molecule has 2 heterocycles. The Hall–Kier alpha value is -0.120. The van der Waals surface area contributed by atoms with Gasteiger partial charge in [-0.3, -0.25) is 0 Å². The number of hydrogen-bond acceptors (Lipinski definition) is 3. The summed E-state index contributed by atoms with van der Waals surface area (Å²) in [5, 5.41) is 3.61. The Bertz CT molecular complexity index is 190. The zero-order chi connectivity index (χ0) is 11.2. The van der Waals surface area contributed by atoms with Crippen molar-refractivity contribution in [2.24, 2.45) is 5.92 Å². The minimum Gasteiger partial charge on any atom is -0.381 e. The second kappa shape index (κ2) is 6.58. The van der Waals surface area contributed by atoms with Gasteiger partial charge < -0.3 is 15.0 Å². The molecular formula is C13H26N2O. The number of hydrogen-bond donors (Lipinski definition) is 1. The predicted octanol–water partition coefficient (Wildman–Crippen LogP) is 1.49. The Morgan fingerprint density at radius 1 is 1.38 bits per heavy atom. The summed E-state index contributed by atoms with van der Waals surface area (Å²) in [4.78, 5) is 2.63. The molecule has 0 aromatic carbocycles. The van der Waals surface area contributed by atoms with E-state index in [1.165, 1.54) is 51.9 Å². The third kappa shape index (κ3) is 3.72. The van der Waals surface area contributed by atoms with E-state index in [4.69, 9.17) is 4.74 Å². The summed E-state index contributed by atoms with van der Waals surface area (Å²) < 4.78 is 5.43. The molecule has 3 nitrogen and oxygen atoms in total. The standard InChI is InChI=1S/C13H26N2O/c1-2-3-13-10-15(8-6-14-13)7-4-12-5-9-16-11-12/h12-14H,2-11H2,1H3. The summed E-state index contributed by atoms with van der Waals surface area (Å²) in [7, 11) is 0.